The zero-order valence-corrected chi connectivity index (χ0v) is 10.8. The summed E-state index contributed by atoms with van der Waals surface area (Å²) >= 11 is 6.26. The molecule has 2 rings (SSSR count). The number of fused-ring (bicyclic) bond motifs is 1. The highest BCUT2D eigenvalue weighted by Crippen LogP contribution is 2.28. The fraction of sp³-hybridized carbons (Fsp3) is 0.462. The van der Waals surface area contributed by atoms with Gasteiger partial charge in [0.1, 0.15) is 0 Å². The summed E-state index contributed by atoms with van der Waals surface area (Å²) in [5.74, 6) is -0.304. The van der Waals surface area contributed by atoms with Crippen LogP contribution in [0, 0.1) is 0 Å². The Morgan fingerprint density at radius 3 is 2.82 bits per heavy atom. The lowest BCUT2D eigenvalue weighted by Crippen LogP contribution is -2.11. The molecule has 3 nitrogen and oxygen atoms in total. The van der Waals surface area contributed by atoms with Gasteiger partial charge in [-0.2, -0.15) is 0 Å². The summed E-state index contributed by atoms with van der Waals surface area (Å²) in [6.45, 7) is 4.64. The van der Waals surface area contributed by atoms with E-state index in [-0.39, 0.29) is 11.1 Å². The molecule has 4 heteroatoms. The average Bonchev–Trinajstić information content (AvgIpc) is 2.63. The van der Waals surface area contributed by atoms with Crippen LogP contribution in [0.2, 0.25) is 0 Å². The van der Waals surface area contributed by atoms with E-state index in [1.165, 1.54) is 0 Å². The Bertz CT molecular complexity index is 570. The maximum absolute atomic E-state index is 11.5. The number of benzene rings is 1. The minimum absolute atomic E-state index is 0.0142. The third-order valence-corrected chi connectivity index (χ3v) is 3.38. The Balaban J connectivity index is 2.48. The van der Waals surface area contributed by atoms with E-state index < -0.39 is 0 Å². The molecule has 0 fully saturated rings. The molecule has 1 heterocycles. The third-order valence-electron chi connectivity index (χ3n) is 2.91. The molecule has 2 aromatic rings. The first-order chi connectivity index (χ1) is 8.17. The minimum atomic E-state index is -0.304. The normalized spacial score (nSPS) is 13.1. The smallest absolute Gasteiger partial charge is 0.408 e. The highest BCUT2D eigenvalue weighted by atomic mass is 35.5. The first kappa shape index (κ1) is 12.2. The van der Waals surface area contributed by atoms with Crippen molar-refractivity contribution in [1.29, 1.82) is 0 Å². The van der Waals surface area contributed by atoms with Gasteiger partial charge in [-0.15, -0.1) is 11.6 Å². The summed E-state index contributed by atoms with van der Waals surface area (Å²) in [6.07, 6.45) is 1.96. The topological polar surface area (TPSA) is 35.1 Å². The largest absolute Gasteiger partial charge is 0.419 e. The summed E-state index contributed by atoms with van der Waals surface area (Å²) in [6, 6.07) is 5.75. The van der Waals surface area contributed by atoms with Crippen LogP contribution in [0.5, 0.6) is 0 Å². The van der Waals surface area contributed by atoms with E-state index in [4.69, 9.17) is 16.0 Å². The second-order valence-corrected chi connectivity index (χ2v) is 4.62. The van der Waals surface area contributed by atoms with Gasteiger partial charge in [0.25, 0.3) is 0 Å². The lowest BCUT2D eigenvalue weighted by molar-refractivity contribution is 0.513. The highest BCUT2D eigenvalue weighted by molar-refractivity contribution is 6.20. The van der Waals surface area contributed by atoms with Crippen molar-refractivity contribution in [3.8, 4) is 0 Å². The number of nitrogens with zero attached hydrogens (tertiary/aromatic N) is 1. The summed E-state index contributed by atoms with van der Waals surface area (Å²) < 4.78 is 6.82. The van der Waals surface area contributed by atoms with Crippen molar-refractivity contribution < 1.29 is 4.42 Å². The second kappa shape index (κ2) is 4.96. The van der Waals surface area contributed by atoms with E-state index in [1.807, 2.05) is 25.1 Å². The predicted molar refractivity (Wildman–Crippen MR) is 69.7 cm³/mol. The molecule has 1 aromatic heterocycles. The molecule has 0 spiro atoms. The lowest BCUT2D eigenvalue weighted by atomic mass is 10.1. The van der Waals surface area contributed by atoms with Gasteiger partial charge in [-0.05, 0) is 31.0 Å². The Kier molecular flexibility index (Phi) is 3.57. The monoisotopic (exact) mass is 253 g/mol. The maximum Gasteiger partial charge on any atom is 0.419 e. The van der Waals surface area contributed by atoms with Gasteiger partial charge in [0, 0.05) is 6.54 Å². The van der Waals surface area contributed by atoms with Gasteiger partial charge >= 0.3 is 5.76 Å². The molecule has 0 saturated heterocycles. The van der Waals surface area contributed by atoms with Gasteiger partial charge in [0.05, 0.1) is 10.9 Å². The molecular formula is C13H16ClNO2. The van der Waals surface area contributed by atoms with E-state index >= 15 is 0 Å². The number of alkyl halides is 1. The molecule has 1 atom stereocenters. The van der Waals surface area contributed by atoms with Gasteiger partial charge in [-0.3, -0.25) is 4.57 Å². The predicted octanol–water partition coefficient (Wildman–Crippen LogP) is 3.69. The molecule has 0 N–H and O–H groups in total. The van der Waals surface area contributed by atoms with Crippen molar-refractivity contribution in [2.45, 2.75) is 38.6 Å². The zero-order valence-electron chi connectivity index (χ0n) is 10.1. The summed E-state index contributed by atoms with van der Waals surface area (Å²) in [7, 11) is 0. The molecule has 1 unspecified atom stereocenters. The summed E-state index contributed by atoms with van der Waals surface area (Å²) in [5, 5.41) is -0.0142. The standard InChI is InChI=1S/C13H16ClNO2/c1-3-5-10(14)9-6-7-11-12(8-9)17-13(16)15(11)4-2/h6-8,10H,3-5H2,1-2H3. The van der Waals surface area contributed by atoms with Crippen LogP contribution in [0.1, 0.15) is 37.6 Å². The van der Waals surface area contributed by atoms with Gasteiger partial charge in [-0.25, -0.2) is 4.79 Å². The summed E-state index contributed by atoms with van der Waals surface area (Å²) in [5.41, 5.74) is 2.47. The van der Waals surface area contributed by atoms with Crippen LogP contribution < -0.4 is 5.76 Å². The highest BCUT2D eigenvalue weighted by Gasteiger charge is 2.12. The number of hydrogen-bond acceptors (Lipinski definition) is 2. The molecule has 17 heavy (non-hydrogen) atoms. The SMILES string of the molecule is CCCC(Cl)c1ccc2c(c1)oc(=O)n2CC. The molecule has 0 aliphatic rings. The van der Waals surface area contributed by atoms with Gasteiger partial charge in [0.15, 0.2) is 5.58 Å². The van der Waals surface area contributed by atoms with E-state index in [9.17, 15) is 4.79 Å². The van der Waals surface area contributed by atoms with Crippen molar-refractivity contribution in [2.75, 3.05) is 0 Å². The Hall–Kier alpha value is -1.22. The van der Waals surface area contributed by atoms with Gasteiger partial charge in [-0.1, -0.05) is 19.4 Å². The first-order valence-corrected chi connectivity index (χ1v) is 6.38. The van der Waals surface area contributed by atoms with Crippen LogP contribution >= 0.6 is 11.6 Å². The van der Waals surface area contributed by atoms with Crippen LogP contribution in [-0.4, -0.2) is 4.57 Å². The molecule has 92 valence electrons. The molecule has 0 amide bonds. The molecule has 1 aromatic carbocycles. The maximum atomic E-state index is 11.5. The van der Waals surface area contributed by atoms with Crippen molar-refractivity contribution in [1.82, 2.24) is 4.57 Å². The Labute approximate surface area is 105 Å². The number of hydrogen-bond donors (Lipinski definition) is 0. The second-order valence-electron chi connectivity index (χ2n) is 4.10. The fourth-order valence-electron chi connectivity index (χ4n) is 2.00. The molecule has 0 bridgehead atoms. The van der Waals surface area contributed by atoms with E-state index in [0.29, 0.717) is 12.1 Å². The molecular weight excluding hydrogens is 238 g/mol. The molecule has 0 aliphatic carbocycles. The number of aromatic nitrogens is 1. The van der Waals surface area contributed by atoms with Crippen LogP contribution in [0.4, 0.5) is 0 Å². The number of halogens is 1. The number of rotatable bonds is 4. The Morgan fingerprint density at radius 1 is 1.41 bits per heavy atom. The van der Waals surface area contributed by atoms with Crippen molar-refractivity contribution in [3.63, 3.8) is 0 Å². The molecule has 0 aliphatic heterocycles. The van der Waals surface area contributed by atoms with Crippen LogP contribution in [0.3, 0.4) is 0 Å². The van der Waals surface area contributed by atoms with E-state index in [1.54, 1.807) is 4.57 Å². The fourth-order valence-corrected chi connectivity index (χ4v) is 2.35. The zero-order chi connectivity index (χ0) is 12.4. The number of oxazole rings is 1. The van der Waals surface area contributed by atoms with E-state index in [2.05, 4.69) is 6.92 Å². The average molecular weight is 254 g/mol. The quantitative estimate of drug-likeness (QED) is 0.779. The number of aryl methyl sites for hydroxylation is 1. The minimum Gasteiger partial charge on any atom is -0.408 e. The first-order valence-electron chi connectivity index (χ1n) is 5.94. The summed E-state index contributed by atoms with van der Waals surface area (Å²) in [4.78, 5) is 11.5. The van der Waals surface area contributed by atoms with Crippen molar-refractivity contribution >= 4 is 22.7 Å². The van der Waals surface area contributed by atoms with Crippen LogP contribution in [0.15, 0.2) is 27.4 Å². The van der Waals surface area contributed by atoms with Crippen molar-refractivity contribution in [3.05, 3.63) is 34.3 Å². The van der Waals surface area contributed by atoms with Crippen LogP contribution in [0.25, 0.3) is 11.1 Å². The third kappa shape index (κ3) is 2.25. The molecule has 0 saturated carbocycles. The van der Waals surface area contributed by atoms with Crippen molar-refractivity contribution in [2.24, 2.45) is 0 Å². The van der Waals surface area contributed by atoms with E-state index in [0.717, 1.165) is 23.9 Å². The molecule has 0 radical (unpaired) electrons. The van der Waals surface area contributed by atoms with Gasteiger partial charge < -0.3 is 4.42 Å². The Morgan fingerprint density at radius 2 is 2.18 bits per heavy atom. The van der Waals surface area contributed by atoms with Crippen LogP contribution in [-0.2, 0) is 6.54 Å². The lowest BCUT2D eigenvalue weighted by Gasteiger charge is -2.07. The van der Waals surface area contributed by atoms with Gasteiger partial charge in [0.2, 0.25) is 0 Å².